The van der Waals surface area contributed by atoms with Gasteiger partial charge >= 0.3 is 12.2 Å². The molecule has 11 heteroatoms. The molecule has 0 radical (unpaired) electrons. The number of amides is 2. The number of carbonyl (C=O) groups excluding carboxylic acids is 2. The molecule has 0 unspecified atom stereocenters. The molecule has 2 aliphatic heterocycles. The second kappa shape index (κ2) is 16.7. The lowest BCUT2D eigenvalue weighted by atomic mass is 10.2. The molecule has 2 aromatic carbocycles. The Balaban J connectivity index is 0.000000248. The van der Waals surface area contributed by atoms with Gasteiger partial charge in [0.15, 0.2) is 0 Å². The highest BCUT2D eigenvalue weighted by atomic mass is 19.1. The van der Waals surface area contributed by atoms with Gasteiger partial charge < -0.3 is 38.9 Å². The molecular weight excluding hydrogens is 579 g/mol. The molecule has 2 amide bonds. The van der Waals surface area contributed by atoms with Crippen molar-refractivity contribution < 1.29 is 33.3 Å². The van der Waals surface area contributed by atoms with Gasteiger partial charge in [-0.2, -0.15) is 0 Å². The highest BCUT2D eigenvalue weighted by Crippen LogP contribution is 2.20. The molecule has 0 spiro atoms. The molecule has 0 bridgehead atoms. The van der Waals surface area contributed by atoms with Crippen LogP contribution < -0.4 is 9.80 Å². The first-order valence-corrected chi connectivity index (χ1v) is 15.7. The van der Waals surface area contributed by atoms with Gasteiger partial charge in [0.2, 0.25) is 0 Å². The topological polar surface area (TPSA) is 95.0 Å². The molecule has 0 aromatic heterocycles. The minimum atomic E-state index is -0.464. The number of benzene rings is 2. The van der Waals surface area contributed by atoms with Crippen LogP contribution in [0.5, 0.6) is 0 Å². The molecule has 10 nitrogen and oxygen atoms in total. The maximum atomic E-state index is 12.1. The lowest BCUT2D eigenvalue weighted by Gasteiger charge is -2.36. The van der Waals surface area contributed by atoms with E-state index in [2.05, 4.69) is 9.80 Å². The number of aliphatic hydroxyl groups excluding tert-OH is 1. The van der Waals surface area contributed by atoms with E-state index >= 15 is 0 Å². The van der Waals surface area contributed by atoms with Crippen LogP contribution in [0.1, 0.15) is 52.7 Å². The van der Waals surface area contributed by atoms with Crippen LogP contribution in [0, 0.1) is 0 Å². The van der Waals surface area contributed by atoms with Gasteiger partial charge in [0.1, 0.15) is 17.9 Å². The van der Waals surface area contributed by atoms with Crippen LogP contribution in [-0.2, 0) is 27.4 Å². The molecule has 0 atom stereocenters. The van der Waals surface area contributed by atoms with Crippen LogP contribution in [-0.4, -0.2) is 104 Å². The third kappa shape index (κ3) is 12.4. The number of alkyl halides is 1. The standard InChI is InChI=1S/C18H27FN2O3.C16H24N2O3/c1-18(2,3)24-17(22)21-11-9-20(10-12-21)16-6-4-15(5-7-16)14-23-13-8-19;1-16(2,3)21-15(20)18-10-8-17(9-11-18)14-6-4-13(12-19)5-7-14/h4-7H,8-14H2,1-3H3;4-7,19H,8-12H2,1-3H3. The average molecular weight is 631 g/mol. The van der Waals surface area contributed by atoms with Crippen molar-refractivity contribution in [1.82, 2.24) is 9.80 Å². The van der Waals surface area contributed by atoms with Gasteiger partial charge in [-0.05, 0) is 76.9 Å². The Hall–Kier alpha value is -3.57. The Morgan fingerprint density at radius 1 is 0.667 bits per heavy atom. The maximum absolute atomic E-state index is 12.1. The summed E-state index contributed by atoms with van der Waals surface area (Å²) in [6.45, 7) is 17.2. The summed E-state index contributed by atoms with van der Waals surface area (Å²) >= 11 is 0. The van der Waals surface area contributed by atoms with Crippen LogP contribution in [0.4, 0.5) is 25.4 Å². The second-order valence-electron chi connectivity index (χ2n) is 13.1. The summed E-state index contributed by atoms with van der Waals surface area (Å²) in [6.07, 6.45) is -0.486. The second-order valence-corrected chi connectivity index (χ2v) is 13.1. The van der Waals surface area contributed by atoms with Gasteiger partial charge in [-0.1, -0.05) is 24.3 Å². The monoisotopic (exact) mass is 630 g/mol. The fourth-order valence-electron chi connectivity index (χ4n) is 4.81. The Labute approximate surface area is 267 Å². The van der Waals surface area contributed by atoms with Crippen molar-refractivity contribution in [3.8, 4) is 0 Å². The molecule has 2 aromatic rings. The highest BCUT2D eigenvalue weighted by Gasteiger charge is 2.27. The van der Waals surface area contributed by atoms with E-state index in [1.54, 1.807) is 9.80 Å². The van der Waals surface area contributed by atoms with Crippen LogP contribution in [0.25, 0.3) is 0 Å². The largest absolute Gasteiger partial charge is 0.444 e. The van der Waals surface area contributed by atoms with Crippen LogP contribution in [0.3, 0.4) is 0 Å². The number of carbonyl (C=O) groups is 2. The van der Waals surface area contributed by atoms with Crippen molar-refractivity contribution in [2.75, 3.05) is 75.4 Å². The van der Waals surface area contributed by atoms with E-state index in [1.165, 1.54) is 0 Å². The van der Waals surface area contributed by atoms with Crippen molar-refractivity contribution >= 4 is 23.6 Å². The van der Waals surface area contributed by atoms with E-state index in [0.29, 0.717) is 32.8 Å². The lowest BCUT2D eigenvalue weighted by Crippen LogP contribution is -2.50. The lowest BCUT2D eigenvalue weighted by molar-refractivity contribution is 0.0230. The molecule has 2 heterocycles. The summed E-state index contributed by atoms with van der Waals surface area (Å²) in [6, 6.07) is 15.9. The third-order valence-electron chi connectivity index (χ3n) is 7.14. The minimum absolute atomic E-state index is 0.0622. The fourth-order valence-corrected chi connectivity index (χ4v) is 4.81. The number of ether oxygens (including phenoxy) is 3. The van der Waals surface area contributed by atoms with Crippen molar-refractivity contribution in [1.29, 1.82) is 0 Å². The smallest absolute Gasteiger partial charge is 0.410 e. The molecule has 2 saturated heterocycles. The Bertz CT molecular complexity index is 1180. The van der Waals surface area contributed by atoms with Gasteiger partial charge in [-0.3, -0.25) is 0 Å². The van der Waals surface area contributed by atoms with E-state index in [9.17, 15) is 14.0 Å². The number of hydrogen-bond donors (Lipinski definition) is 1. The summed E-state index contributed by atoms with van der Waals surface area (Å²) in [5.74, 6) is 0. The molecule has 45 heavy (non-hydrogen) atoms. The molecule has 1 N–H and O–H groups in total. The number of anilines is 2. The Kier molecular flexibility index (Phi) is 13.3. The van der Waals surface area contributed by atoms with Crippen LogP contribution in [0.2, 0.25) is 0 Å². The van der Waals surface area contributed by atoms with Crippen molar-refractivity contribution in [2.45, 2.75) is 66.0 Å². The summed E-state index contributed by atoms with van der Waals surface area (Å²) in [7, 11) is 0. The van der Waals surface area contributed by atoms with Gasteiger partial charge in [-0.15, -0.1) is 0 Å². The normalized spacial score (nSPS) is 15.7. The van der Waals surface area contributed by atoms with E-state index in [-0.39, 0.29) is 25.4 Å². The minimum Gasteiger partial charge on any atom is -0.444 e. The van der Waals surface area contributed by atoms with E-state index in [0.717, 1.165) is 48.7 Å². The van der Waals surface area contributed by atoms with Gasteiger partial charge in [0.05, 0.1) is 19.8 Å². The van der Waals surface area contributed by atoms with E-state index < -0.39 is 17.9 Å². The summed E-state index contributed by atoms with van der Waals surface area (Å²) in [5, 5.41) is 9.06. The number of piperazine rings is 2. The number of rotatable bonds is 7. The predicted molar refractivity (Wildman–Crippen MR) is 174 cm³/mol. The first-order chi connectivity index (χ1) is 21.3. The van der Waals surface area contributed by atoms with E-state index in [4.69, 9.17) is 19.3 Å². The zero-order valence-electron chi connectivity index (χ0n) is 27.8. The van der Waals surface area contributed by atoms with Crippen LogP contribution >= 0.6 is 0 Å². The summed E-state index contributed by atoms with van der Waals surface area (Å²) < 4.78 is 28.0. The predicted octanol–water partition coefficient (Wildman–Crippen LogP) is 5.47. The van der Waals surface area contributed by atoms with E-state index in [1.807, 2.05) is 90.1 Å². The summed E-state index contributed by atoms with van der Waals surface area (Å²) in [5.41, 5.74) is 3.26. The summed E-state index contributed by atoms with van der Waals surface area (Å²) in [4.78, 5) is 32.1. The van der Waals surface area contributed by atoms with Gasteiger partial charge in [0.25, 0.3) is 0 Å². The van der Waals surface area contributed by atoms with Gasteiger partial charge in [0, 0.05) is 63.7 Å². The molecular formula is C34H51FN4O6. The molecule has 4 rings (SSSR count). The zero-order chi connectivity index (χ0) is 33.0. The average Bonchev–Trinajstić information content (AvgIpc) is 3.00. The maximum Gasteiger partial charge on any atom is 0.410 e. The van der Waals surface area contributed by atoms with Crippen LogP contribution in [0.15, 0.2) is 48.5 Å². The Morgan fingerprint density at radius 2 is 1.04 bits per heavy atom. The number of hydrogen-bond acceptors (Lipinski definition) is 8. The zero-order valence-corrected chi connectivity index (χ0v) is 27.8. The molecule has 0 aliphatic carbocycles. The fraction of sp³-hybridized carbons (Fsp3) is 0.588. The molecule has 250 valence electrons. The highest BCUT2D eigenvalue weighted by molar-refractivity contribution is 5.69. The Morgan fingerprint density at radius 3 is 1.38 bits per heavy atom. The van der Waals surface area contributed by atoms with Crippen molar-refractivity contribution in [3.63, 3.8) is 0 Å². The SMILES string of the molecule is CC(C)(C)OC(=O)N1CCN(c2ccc(CO)cc2)CC1.CC(C)(C)OC(=O)N1CCN(c2ccc(COCCF)cc2)CC1. The number of halogens is 1. The quantitative estimate of drug-likeness (QED) is 0.403. The first kappa shape index (κ1) is 35.9. The number of aliphatic hydroxyl groups is 1. The molecule has 0 saturated carbocycles. The van der Waals surface area contributed by atoms with Crippen molar-refractivity contribution in [3.05, 3.63) is 59.7 Å². The third-order valence-corrected chi connectivity index (χ3v) is 7.14. The first-order valence-electron chi connectivity index (χ1n) is 15.7. The van der Waals surface area contributed by atoms with Crippen molar-refractivity contribution in [2.24, 2.45) is 0 Å². The molecule has 2 fully saturated rings. The number of nitrogens with zero attached hydrogens (tertiary/aromatic N) is 4. The molecule has 2 aliphatic rings. The van der Waals surface area contributed by atoms with Gasteiger partial charge in [-0.25, -0.2) is 14.0 Å².